The Labute approximate surface area is 366 Å². The molecule has 0 aliphatic carbocycles. The van der Waals surface area contributed by atoms with Crippen LogP contribution in [0.5, 0.6) is 0 Å². The zero-order chi connectivity index (χ0) is 45.4. The van der Waals surface area contributed by atoms with Crippen LogP contribution in [-0.2, 0) is 47.6 Å². The summed E-state index contributed by atoms with van der Waals surface area (Å²) in [6, 6.07) is 0. The number of esters is 2. The number of carbonyl (C=O) groups is 6. The van der Waals surface area contributed by atoms with Gasteiger partial charge in [0.2, 0.25) is 0 Å². The Bertz CT molecular complexity index is 1070. The summed E-state index contributed by atoms with van der Waals surface area (Å²) in [5, 5.41) is 18.2. The van der Waals surface area contributed by atoms with Gasteiger partial charge in [-0.25, -0.2) is 9.59 Å². The highest BCUT2D eigenvalue weighted by Gasteiger charge is 2.20. The Morgan fingerprint density at radius 2 is 0.787 bits per heavy atom. The van der Waals surface area contributed by atoms with E-state index in [2.05, 4.69) is 32.6 Å². The lowest BCUT2D eigenvalue weighted by Crippen LogP contribution is -2.35. The summed E-state index contributed by atoms with van der Waals surface area (Å²) in [6.45, 7) is 13.2. The fraction of sp³-hybridized carbons (Fsp3) is 0.867. The molecule has 16 heteroatoms. The minimum atomic E-state index is -0.949. The summed E-state index contributed by atoms with van der Waals surface area (Å²) in [7, 11) is 0. The van der Waals surface area contributed by atoms with Crippen LogP contribution in [0.1, 0.15) is 175 Å². The molecule has 0 saturated heterocycles. The first-order chi connectivity index (χ1) is 29.4. The summed E-state index contributed by atoms with van der Waals surface area (Å²) in [6.07, 6.45) is 11.3. The highest BCUT2D eigenvalue weighted by Crippen LogP contribution is 2.16. The second-order valence-electron chi connectivity index (χ2n) is 15.5. The van der Waals surface area contributed by atoms with Crippen molar-refractivity contribution in [2.75, 3.05) is 65.7 Å². The summed E-state index contributed by atoms with van der Waals surface area (Å²) < 4.78 is 32.6. The molecule has 0 rings (SSSR count). The van der Waals surface area contributed by atoms with E-state index in [0.29, 0.717) is 84.2 Å². The van der Waals surface area contributed by atoms with E-state index in [1.807, 2.05) is 4.90 Å². The number of rotatable bonds is 42. The van der Waals surface area contributed by atoms with E-state index in [1.54, 1.807) is 0 Å². The van der Waals surface area contributed by atoms with Gasteiger partial charge in [0.05, 0.1) is 13.2 Å². The lowest BCUT2D eigenvalue weighted by atomic mass is 10.1. The quantitative estimate of drug-likeness (QED) is 0.0334. The molecule has 0 radical (unpaired) electrons. The van der Waals surface area contributed by atoms with Crippen molar-refractivity contribution in [1.29, 1.82) is 0 Å². The average molecular weight is 875 g/mol. The molecular weight excluding hydrogens is 792 g/mol. The van der Waals surface area contributed by atoms with E-state index < -0.39 is 36.5 Å². The van der Waals surface area contributed by atoms with Crippen molar-refractivity contribution in [3.8, 4) is 0 Å². The van der Waals surface area contributed by atoms with E-state index in [0.717, 1.165) is 90.3 Å². The molecule has 356 valence electrons. The minimum Gasteiger partial charge on any atom is -0.481 e. The molecule has 0 fully saturated rings. The molecule has 2 unspecified atom stereocenters. The van der Waals surface area contributed by atoms with Crippen molar-refractivity contribution >= 4 is 36.2 Å². The molecule has 0 aromatic rings. The van der Waals surface area contributed by atoms with E-state index in [4.69, 9.17) is 38.6 Å². The van der Waals surface area contributed by atoms with Gasteiger partial charge in [-0.1, -0.05) is 79.1 Å². The second-order valence-corrected chi connectivity index (χ2v) is 15.5. The first-order valence-electron chi connectivity index (χ1n) is 23.3. The van der Waals surface area contributed by atoms with Crippen molar-refractivity contribution in [2.24, 2.45) is 0 Å². The van der Waals surface area contributed by atoms with Crippen molar-refractivity contribution in [2.45, 2.75) is 188 Å². The molecule has 2 atom stereocenters. The zero-order valence-corrected chi connectivity index (χ0v) is 38.2. The SMILES string of the molecule is CCCCCCCOC(=O)CCCC(CCCC(=O)O)OC(=O)OCCN(CCCN(CC)CC)CCOC(=O)OC(CCCC(=O)O)CCCC(=O)OCCCCCCC. The number of ether oxygens (including phenoxy) is 6. The van der Waals surface area contributed by atoms with Crippen molar-refractivity contribution in [3.05, 3.63) is 0 Å². The summed E-state index contributed by atoms with van der Waals surface area (Å²) in [5.41, 5.74) is 0. The van der Waals surface area contributed by atoms with Gasteiger partial charge >= 0.3 is 36.2 Å². The first-order valence-corrected chi connectivity index (χ1v) is 23.3. The monoisotopic (exact) mass is 875 g/mol. The van der Waals surface area contributed by atoms with Crippen LogP contribution in [0, 0.1) is 0 Å². The summed E-state index contributed by atoms with van der Waals surface area (Å²) >= 11 is 0. The molecular formula is C45H82N2O14. The topological polar surface area (TPSA) is 205 Å². The van der Waals surface area contributed by atoms with E-state index in [9.17, 15) is 28.8 Å². The van der Waals surface area contributed by atoms with Crippen LogP contribution in [0.25, 0.3) is 0 Å². The van der Waals surface area contributed by atoms with Gasteiger partial charge in [-0.15, -0.1) is 0 Å². The van der Waals surface area contributed by atoms with Crippen LogP contribution in [0.2, 0.25) is 0 Å². The molecule has 0 saturated carbocycles. The third kappa shape index (κ3) is 37.8. The van der Waals surface area contributed by atoms with Gasteiger partial charge < -0.3 is 43.5 Å². The van der Waals surface area contributed by atoms with Crippen LogP contribution < -0.4 is 0 Å². The maximum absolute atomic E-state index is 12.8. The lowest BCUT2D eigenvalue weighted by molar-refractivity contribution is -0.145. The number of carbonyl (C=O) groups excluding carboxylic acids is 4. The highest BCUT2D eigenvalue weighted by atomic mass is 16.7. The Hall–Kier alpha value is -3.66. The van der Waals surface area contributed by atoms with Crippen molar-refractivity contribution in [3.63, 3.8) is 0 Å². The second kappa shape index (κ2) is 40.4. The predicted molar refractivity (Wildman–Crippen MR) is 231 cm³/mol. The Morgan fingerprint density at radius 1 is 0.410 bits per heavy atom. The van der Waals surface area contributed by atoms with Crippen LogP contribution in [0.15, 0.2) is 0 Å². The summed E-state index contributed by atoms with van der Waals surface area (Å²) in [4.78, 5) is 76.4. The predicted octanol–water partition coefficient (Wildman–Crippen LogP) is 8.94. The third-order valence-corrected chi connectivity index (χ3v) is 10.3. The summed E-state index contributed by atoms with van der Waals surface area (Å²) in [5.74, 6) is -2.52. The number of aliphatic carboxylic acids is 2. The Morgan fingerprint density at radius 3 is 1.16 bits per heavy atom. The van der Waals surface area contributed by atoms with E-state index >= 15 is 0 Å². The standard InChI is InChI=1S/C45H82N2O14/c1-5-9-11-13-15-34-56-42(52)28-19-24-38(22-17-26-40(48)49)60-44(54)58-36-32-47(31-21-30-46(7-3)8-4)33-37-59-45(55)61-39(23-18-27-41(50)51)25-20-29-43(53)57-35-16-14-12-10-6-2/h38-39H,5-37H2,1-4H3,(H,48,49)(H,50,51). The van der Waals surface area contributed by atoms with Gasteiger partial charge in [0, 0.05) is 38.8 Å². The molecule has 0 bridgehead atoms. The molecule has 61 heavy (non-hydrogen) atoms. The number of carboxylic acids is 2. The van der Waals surface area contributed by atoms with Gasteiger partial charge in [-0.05, 0) is 96.8 Å². The van der Waals surface area contributed by atoms with Crippen molar-refractivity contribution in [1.82, 2.24) is 9.80 Å². The number of carboxylic acid groups (broad SMARTS) is 2. The number of hydrogen-bond donors (Lipinski definition) is 2. The van der Waals surface area contributed by atoms with Gasteiger partial charge in [0.1, 0.15) is 25.4 Å². The van der Waals surface area contributed by atoms with Crippen LogP contribution in [0.3, 0.4) is 0 Å². The van der Waals surface area contributed by atoms with E-state index in [1.165, 1.54) is 0 Å². The van der Waals surface area contributed by atoms with Gasteiger partial charge in [0.15, 0.2) is 0 Å². The maximum atomic E-state index is 12.8. The zero-order valence-electron chi connectivity index (χ0n) is 38.2. The maximum Gasteiger partial charge on any atom is 0.508 e. The fourth-order valence-corrected chi connectivity index (χ4v) is 6.61. The van der Waals surface area contributed by atoms with Crippen molar-refractivity contribution < 1.29 is 67.4 Å². The van der Waals surface area contributed by atoms with Gasteiger partial charge in [-0.3, -0.25) is 24.1 Å². The molecule has 0 aliphatic rings. The number of unbranched alkanes of at least 4 members (excludes halogenated alkanes) is 8. The molecule has 0 aromatic heterocycles. The highest BCUT2D eigenvalue weighted by molar-refractivity contribution is 5.69. The fourth-order valence-electron chi connectivity index (χ4n) is 6.61. The third-order valence-electron chi connectivity index (χ3n) is 10.3. The van der Waals surface area contributed by atoms with Crippen LogP contribution in [-0.4, -0.2) is 134 Å². The Balaban J connectivity index is 5.10. The van der Waals surface area contributed by atoms with Gasteiger partial charge in [-0.2, -0.15) is 0 Å². The number of hydrogen-bond acceptors (Lipinski definition) is 14. The largest absolute Gasteiger partial charge is 0.508 e. The van der Waals surface area contributed by atoms with Gasteiger partial charge in [0.25, 0.3) is 0 Å². The Kier molecular flexibility index (Phi) is 38.0. The lowest BCUT2D eigenvalue weighted by Gasteiger charge is -2.25. The first kappa shape index (κ1) is 57.3. The molecule has 16 nitrogen and oxygen atoms in total. The minimum absolute atomic E-state index is 0.00603. The molecule has 0 heterocycles. The normalized spacial score (nSPS) is 12.2. The molecule has 0 aromatic carbocycles. The van der Waals surface area contributed by atoms with Crippen LogP contribution in [0.4, 0.5) is 9.59 Å². The molecule has 0 amide bonds. The molecule has 0 spiro atoms. The number of nitrogens with zero attached hydrogens (tertiary/aromatic N) is 2. The average Bonchev–Trinajstić information content (AvgIpc) is 3.21. The van der Waals surface area contributed by atoms with E-state index in [-0.39, 0.29) is 50.8 Å². The smallest absolute Gasteiger partial charge is 0.481 e. The molecule has 2 N–H and O–H groups in total. The van der Waals surface area contributed by atoms with Crippen LogP contribution >= 0.6 is 0 Å². The molecule has 0 aliphatic heterocycles.